The molecular formula is C12H13NO2S. The molecule has 0 saturated heterocycles. The molecule has 0 N–H and O–H groups in total. The number of thioether (sulfide) groups is 1. The summed E-state index contributed by atoms with van der Waals surface area (Å²) in [4.78, 5) is 1.05. The highest BCUT2D eigenvalue weighted by Crippen LogP contribution is 2.51. The minimum atomic E-state index is -0.195. The zero-order valence-corrected chi connectivity index (χ0v) is 10.1. The fourth-order valence-corrected chi connectivity index (χ4v) is 2.56. The molecule has 1 saturated carbocycles. The number of ether oxygens (including phenoxy) is 2. The van der Waals surface area contributed by atoms with Crippen molar-refractivity contribution in [3.63, 3.8) is 0 Å². The summed E-state index contributed by atoms with van der Waals surface area (Å²) in [6, 6.07) is 8.11. The molecule has 16 heavy (non-hydrogen) atoms. The van der Waals surface area contributed by atoms with Gasteiger partial charge in [-0.2, -0.15) is 5.26 Å². The van der Waals surface area contributed by atoms with E-state index in [4.69, 9.17) is 14.7 Å². The van der Waals surface area contributed by atoms with Crippen LogP contribution in [0.2, 0.25) is 0 Å². The number of rotatable bonds is 4. The van der Waals surface area contributed by atoms with Crippen molar-refractivity contribution in [2.45, 2.75) is 22.5 Å². The first kappa shape index (κ1) is 11.2. The molecule has 0 spiro atoms. The van der Waals surface area contributed by atoms with Gasteiger partial charge < -0.3 is 9.47 Å². The Morgan fingerprint density at radius 2 is 1.94 bits per heavy atom. The van der Waals surface area contributed by atoms with E-state index < -0.39 is 0 Å². The average Bonchev–Trinajstić information content (AvgIpc) is 3.09. The molecule has 0 aromatic heterocycles. The van der Waals surface area contributed by atoms with Crippen molar-refractivity contribution in [2.24, 2.45) is 0 Å². The molecule has 2 rings (SSSR count). The maximum atomic E-state index is 9.02. The fraction of sp³-hybridized carbons (Fsp3) is 0.417. The van der Waals surface area contributed by atoms with Crippen molar-refractivity contribution in [3.05, 3.63) is 18.2 Å². The summed E-state index contributed by atoms with van der Waals surface area (Å²) in [7, 11) is 3.23. The smallest absolute Gasteiger partial charge is 0.161 e. The standard InChI is InChI=1S/C12H13NO2S/c1-14-10-4-3-9(7-11(10)15-2)16-12(8-13)5-6-12/h3-4,7H,5-6H2,1-2H3. The van der Waals surface area contributed by atoms with Gasteiger partial charge in [-0.3, -0.25) is 0 Å². The van der Waals surface area contributed by atoms with E-state index in [-0.39, 0.29) is 4.75 Å². The van der Waals surface area contributed by atoms with Gasteiger partial charge in [0.25, 0.3) is 0 Å². The normalized spacial score (nSPS) is 16.3. The van der Waals surface area contributed by atoms with Gasteiger partial charge in [-0.1, -0.05) is 0 Å². The van der Waals surface area contributed by atoms with Crippen LogP contribution < -0.4 is 9.47 Å². The summed E-state index contributed by atoms with van der Waals surface area (Å²) in [6.07, 6.45) is 1.95. The largest absolute Gasteiger partial charge is 0.493 e. The van der Waals surface area contributed by atoms with Gasteiger partial charge in [-0.05, 0) is 31.0 Å². The molecule has 0 heterocycles. The lowest BCUT2D eigenvalue weighted by Crippen LogP contribution is -1.97. The molecule has 0 bridgehead atoms. The molecule has 1 fully saturated rings. The van der Waals surface area contributed by atoms with Crippen LogP contribution in [0.4, 0.5) is 0 Å². The molecule has 0 unspecified atom stereocenters. The SMILES string of the molecule is COc1ccc(SC2(C#N)CC2)cc1OC. The van der Waals surface area contributed by atoms with E-state index in [1.807, 2.05) is 18.2 Å². The van der Waals surface area contributed by atoms with Gasteiger partial charge in [0, 0.05) is 4.90 Å². The van der Waals surface area contributed by atoms with Crippen LogP contribution in [-0.4, -0.2) is 19.0 Å². The molecule has 0 radical (unpaired) electrons. The first-order valence-corrected chi connectivity index (χ1v) is 5.87. The van der Waals surface area contributed by atoms with Crippen LogP contribution >= 0.6 is 11.8 Å². The Balaban J connectivity index is 2.20. The number of methoxy groups -OCH3 is 2. The number of nitrogens with zero attached hydrogens (tertiary/aromatic N) is 1. The summed E-state index contributed by atoms with van der Waals surface area (Å²) >= 11 is 1.61. The van der Waals surface area contributed by atoms with Crippen molar-refractivity contribution >= 4 is 11.8 Å². The van der Waals surface area contributed by atoms with E-state index >= 15 is 0 Å². The number of hydrogen-bond acceptors (Lipinski definition) is 4. The lowest BCUT2D eigenvalue weighted by molar-refractivity contribution is 0.354. The Bertz CT molecular complexity index is 435. The molecule has 1 aliphatic carbocycles. The molecule has 1 aliphatic rings. The Kier molecular flexibility index (Phi) is 2.97. The Morgan fingerprint density at radius 1 is 1.25 bits per heavy atom. The number of benzene rings is 1. The second-order valence-electron chi connectivity index (χ2n) is 3.72. The summed E-state index contributed by atoms with van der Waals surface area (Å²) in [5.41, 5.74) is 0. The van der Waals surface area contributed by atoms with Gasteiger partial charge in [-0.15, -0.1) is 11.8 Å². The third kappa shape index (κ3) is 2.10. The van der Waals surface area contributed by atoms with E-state index in [0.717, 1.165) is 17.7 Å². The van der Waals surface area contributed by atoms with E-state index in [1.54, 1.807) is 26.0 Å². The number of nitriles is 1. The van der Waals surface area contributed by atoms with Crippen LogP contribution in [0.5, 0.6) is 11.5 Å². The highest BCUT2D eigenvalue weighted by atomic mass is 32.2. The molecular weight excluding hydrogens is 222 g/mol. The fourth-order valence-electron chi connectivity index (χ4n) is 1.46. The van der Waals surface area contributed by atoms with Gasteiger partial charge >= 0.3 is 0 Å². The summed E-state index contributed by atoms with van der Waals surface area (Å²) in [5, 5.41) is 9.02. The van der Waals surface area contributed by atoms with Crippen molar-refractivity contribution in [1.29, 1.82) is 5.26 Å². The van der Waals surface area contributed by atoms with Crippen molar-refractivity contribution in [1.82, 2.24) is 0 Å². The predicted molar refractivity (Wildman–Crippen MR) is 63.0 cm³/mol. The molecule has 1 aromatic carbocycles. The quantitative estimate of drug-likeness (QED) is 0.804. The predicted octanol–water partition coefficient (Wildman–Crippen LogP) is 2.85. The Labute approximate surface area is 99.4 Å². The second-order valence-corrected chi connectivity index (χ2v) is 5.18. The molecule has 84 valence electrons. The molecule has 4 heteroatoms. The van der Waals surface area contributed by atoms with Gasteiger partial charge in [0.05, 0.1) is 20.3 Å². The van der Waals surface area contributed by atoms with Crippen LogP contribution in [0.15, 0.2) is 23.1 Å². The molecule has 1 aromatic rings. The zero-order valence-electron chi connectivity index (χ0n) is 9.32. The minimum Gasteiger partial charge on any atom is -0.493 e. The van der Waals surface area contributed by atoms with Crippen LogP contribution in [0, 0.1) is 11.3 Å². The van der Waals surface area contributed by atoms with E-state index in [9.17, 15) is 0 Å². The monoisotopic (exact) mass is 235 g/mol. The third-order valence-electron chi connectivity index (χ3n) is 2.58. The highest BCUT2D eigenvalue weighted by Gasteiger charge is 2.44. The van der Waals surface area contributed by atoms with Crippen LogP contribution in [0.25, 0.3) is 0 Å². The van der Waals surface area contributed by atoms with Crippen LogP contribution in [0.1, 0.15) is 12.8 Å². The first-order chi connectivity index (χ1) is 7.73. The van der Waals surface area contributed by atoms with Crippen molar-refractivity contribution in [2.75, 3.05) is 14.2 Å². The average molecular weight is 235 g/mol. The zero-order chi connectivity index (χ0) is 11.6. The van der Waals surface area contributed by atoms with Crippen LogP contribution in [0.3, 0.4) is 0 Å². The highest BCUT2D eigenvalue weighted by molar-refractivity contribution is 8.01. The van der Waals surface area contributed by atoms with Crippen molar-refractivity contribution in [3.8, 4) is 17.6 Å². The maximum absolute atomic E-state index is 9.02. The van der Waals surface area contributed by atoms with Crippen molar-refractivity contribution < 1.29 is 9.47 Å². The van der Waals surface area contributed by atoms with E-state index in [1.165, 1.54) is 0 Å². The van der Waals surface area contributed by atoms with Gasteiger partial charge in [0.2, 0.25) is 0 Å². The lowest BCUT2D eigenvalue weighted by atomic mass is 10.3. The number of hydrogen-bond donors (Lipinski definition) is 0. The van der Waals surface area contributed by atoms with Gasteiger partial charge in [0.1, 0.15) is 4.75 Å². The summed E-state index contributed by atoms with van der Waals surface area (Å²) in [5.74, 6) is 1.43. The van der Waals surface area contributed by atoms with E-state index in [2.05, 4.69) is 6.07 Å². The molecule has 0 amide bonds. The Morgan fingerprint density at radius 3 is 2.44 bits per heavy atom. The maximum Gasteiger partial charge on any atom is 0.161 e. The summed E-state index contributed by atoms with van der Waals surface area (Å²) < 4.78 is 10.2. The molecule has 0 atom stereocenters. The molecule has 0 aliphatic heterocycles. The Hall–Kier alpha value is -1.34. The first-order valence-electron chi connectivity index (χ1n) is 5.05. The molecule has 3 nitrogen and oxygen atoms in total. The second kappa shape index (κ2) is 4.26. The van der Waals surface area contributed by atoms with Crippen LogP contribution in [-0.2, 0) is 0 Å². The van der Waals surface area contributed by atoms with Gasteiger partial charge in [0.15, 0.2) is 11.5 Å². The van der Waals surface area contributed by atoms with E-state index in [0.29, 0.717) is 11.5 Å². The third-order valence-corrected chi connectivity index (χ3v) is 3.96. The van der Waals surface area contributed by atoms with Gasteiger partial charge in [-0.25, -0.2) is 0 Å². The summed E-state index contributed by atoms with van der Waals surface area (Å²) in [6.45, 7) is 0. The topological polar surface area (TPSA) is 42.2 Å². The minimum absolute atomic E-state index is 0.195. The lowest BCUT2D eigenvalue weighted by Gasteiger charge is -2.10.